The van der Waals surface area contributed by atoms with Crippen LogP contribution in [0.1, 0.15) is 186 Å². The third-order valence-electron chi connectivity index (χ3n) is 11.5. The standard InChI is InChI=1S/C48H67Br2NO2S4/c1-4-7-10-13-16-19-22-25-28-35-31-41(49)56-43(35)39-33-37-45(54-39)46-38(48(53)51(47(37)52)30-27-24-21-18-15-12-9-6-3)34-40(55-46)44-36(32-42(50)57-44)29-26-23-20-17-14-11-8-5-2/h31-34H,4-30H2,1-3H3. The van der Waals surface area contributed by atoms with E-state index in [1.807, 2.05) is 0 Å². The molecular weight excluding hydrogens is 911 g/mol. The van der Waals surface area contributed by atoms with Gasteiger partial charge in [-0.1, -0.05) is 156 Å². The van der Waals surface area contributed by atoms with Crippen molar-refractivity contribution in [3.8, 4) is 19.5 Å². The molecule has 0 unspecified atom stereocenters. The number of hydrogen-bond acceptors (Lipinski definition) is 6. The summed E-state index contributed by atoms with van der Waals surface area (Å²) in [5.41, 5.74) is 2.49. The largest absolute Gasteiger partial charge is 0.274 e. The van der Waals surface area contributed by atoms with Gasteiger partial charge in [0.25, 0.3) is 11.1 Å². The van der Waals surface area contributed by atoms with Crippen LogP contribution in [0.5, 0.6) is 0 Å². The molecule has 0 aromatic carbocycles. The summed E-state index contributed by atoms with van der Waals surface area (Å²) in [7, 11) is 0. The van der Waals surface area contributed by atoms with Crippen molar-refractivity contribution in [2.45, 2.75) is 194 Å². The van der Waals surface area contributed by atoms with E-state index in [2.05, 4.69) is 76.9 Å². The molecule has 0 saturated heterocycles. The van der Waals surface area contributed by atoms with Gasteiger partial charge in [-0.05, 0) is 99.4 Å². The molecule has 0 aliphatic rings. The number of hydrogen-bond donors (Lipinski definition) is 0. The van der Waals surface area contributed by atoms with Gasteiger partial charge in [0, 0.05) is 26.1 Å². The predicted molar refractivity (Wildman–Crippen MR) is 265 cm³/mol. The molecule has 0 fully saturated rings. The number of halogens is 2. The van der Waals surface area contributed by atoms with Crippen LogP contribution in [0.25, 0.3) is 39.7 Å². The van der Waals surface area contributed by atoms with E-state index in [0.29, 0.717) is 17.3 Å². The fraction of sp³-hybridized carbons (Fsp3) is 0.625. The third kappa shape index (κ3) is 14.0. The fourth-order valence-corrected chi connectivity index (χ4v) is 14.3. The van der Waals surface area contributed by atoms with E-state index < -0.39 is 0 Å². The lowest BCUT2D eigenvalue weighted by atomic mass is 10.0. The van der Waals surface area contributed by atoms with Gasteiger partial charge in [0.15, 0.2) is 0 Å². The molecule has 0 atom stereocenters. The highest BCUT2D eigenvalue weighted by molar-refractivity contribution is 9.11. The molecule has 5 aromatic rings. The van der Waals surface area contributed by atoms with Gasteiger partial charge in [-0.2, -0.15) is 0 Å². The summed E-state index contributed by atoms with van der Waals surface area (Å²) >= 11 is 14.6. The lowest BCUT2D eigenvalue weighted by Gasteiger charge is -2.04. The molecule has 314 valence electrons. The summed E-state index contributed by atoms with van der Waals surface area (Å²) in [5.74, 6) is 0. The number of aromatic nitrogens is 1. The van der Waals surface area contributed by atoms with Crippen LogP contribution in [-0.4, -0.2) is 4.57 Å². The van der Waals surface area contributed by atoms with Gasteiger partial charge >= 0.3 is 0 Å². The smallest absolute Gasteiger partial charge is 0.262 e. The Balaban J connectivity index is 1.44. The zero-order chi connectivity index (χ0) is 40.4. The topological polar surface area (TPSA) is 39.1 Å². The highest BCUT2D eigenvalue weighted by Gasteiger charge is 2.22. The quantitative estimate of drug-likeness (QED) is 0.0448. The van der Waals surface area contributed by atoms with E-state index in [1.54, 1.807) is 49.9 Å². The first-order chi connectivity index (χ1) is 27.9. The van der Waals surface area contributed by atoms with Gasteiger partial charge in [-0.25, -0.2) is 0 Å². The van der Waals surface area contributed by atoms with Crippen molar-refractivity contribution in [3.05, 3.63) is 63.7 Å². The molecule has 0 aliphatic heterocycles. The summed E-state index contributed by atoms with van der Waals surface area (Å²) in [5, 5.41) is 1.40. The second kappa shape index (κ2) is 25.6. The molecule has 5 heterocycles. The Morgan fingerprint density at radius 2 is 0.772 bits per heavy atom. The molecule has 0 N–H and O–H groups in total. The van der Waals surface area contributed by atoms with Gasteiger partial charge in [0.05, 0.1) is 27.7 Å². The maximum atomic E-state index is 14.5. The first kappa shape index (κ1) is 47.0. The van der Waals surface area contributed by atoms with Gasteiger partial charge in [-0.3, -0.25) is 14.2 Å². The van der Waals surface area contributed by atoms with Crippen molar-refractivity contribution in [3.63, 3.8) is 0 Å². The van der Waals surface area contributed by atoms with Crippen LogP contribution in [0.15, 0.2) is 41.4 Å². The second-order valence-electron chi connectivity index (χ2n) is 16.2. The molecule has 3 nitrogen and oxygen atoms in total. The van der Waals surface area contributed by atoms with Crippen molar-refractivity contribution in [1.82, 2.24) is 4.57 Å². The number of nitrogens with zero attached hydrogens (tertiary/aromatic N) is 1. The first-order valence-electron chi connectivity index (χ1n) is 22.6. The zero-order valence-corrected chi connectivity index (χ0v) is 41.5. The fourth-order valence-electron chi connectivity index (χ4n) is 8.13. The Labute approximate surface area is 376 Å². The minimum Gasteiger partial charge on any atom is -0.274 e. The maximum absolute atomic E-state index is 14.5. The van der Waals surface area contributed by atoms with E-state index in [9.17, 15) is 9.59 Å². The van der Waals surface area contributed by atoms with Crippen LogP contribution < -0.4 is 11.1 Å². The Morgan fingerprint density at radius 3 is 1.14 bits per heavy atom. The molecule has 5 rings (SSSR count). The summed E-state index contributed by atoms with van der Waals surface area (Å²) in [6.07, 6.45) is 32.4. The van der Waals surface area contributed by atoms with Crippen LogP contribution >= 0.6 is 77.2 Å². The Hall–Kier alpha value is -1.10. The van der Waals surface area contributed by atoms with Crippen LogP contribution in [0, 0.1) is 0 Å². The summed E-state index contributed by atoms with van der Waals surface area (Å²) in [4.78, 5) is 33.8. The van der Waals surface area contributed by atoms with E-state index in [4.69, 9.17) is 0 Å². The number of thiophene rings is 4. The van der Waals surface area contributed by atoms with Crippen LogP contribution in [0.4, 0.5) is 0 Å². The van der Waals surface area contributed by atoms with E-state index >= 15 is 0 Å². The summed E-state index contributed by atoms with van der Waals surface area (Å²) in [6, 6.07) is 8.83. The van der Waals surface area contributed by atoms with E-state index in [0.717, 1.165) is 58.8 Å². The van der Waals surface area contributed by atoms with Crippen molar-refractivity contribution < 1.29 is 0 Å². The van der Waals surface area contributed by atoms with Crippen LogP contribution in [-0.2, 0) is 19.4 Å². The monoisotopic (exact) mass is 975 g/mol. The lowest BCUT2D eigenvalue weighted by Crippen LogP contribution is -2.30. The molecule has 0 spiro atoms. The van der Waals surface area contributed by atoms with Gasteiger partial charge in [-0.15, -0.1) is 45.3 Å². The lowest BCUT2D eigenvalue weighted by molar-refractivity contribution is 0.535. The highest BCUT2D eigenvalue weighted by Crippen LogP contribution is 2.46. The SMILES string of the molecule is CCCCCCCCCCc1cc(Br)sc1-c1cc2c(=O)n(CCCCCCCCCC)c(=O)c3cc(-c4sc(Br)cc4CCCCCCCCCC)sc3c2s1. The highest BCUT2D eigenvalue weighted by atomic mass is 79.9. The van der Waals surface area contributed by atoms with Crippen molar-refractivity contribution in [2.24, 2.45) is 0 Å². The van der Waals surface area contributed by atoms with E-state index in [1.165, 1.54) is 156 Å². The number of fused-ring (bicyclic) bond motifs is 3. The predicted octanol–water partition coefficient (Wildman–Crippen LogP) is 18.1. The average molecular weight is 978 g/mol. The number of unbranched alkanes of at least 4 members (excludes halogenated alkanes) is 21. The van der Waals surface area contributed by atoms with Crippen molar-refractivity contribution in [2.75, 3.05) is 0 Å². The van der Waals surface area contributed by atoms with Crippen molar-refractivity contribution >= 4 is 97.4 Å². The molecular formula is C48H67Br2NO2S4. The van der Waals surface area contributed by atoms with Crippen LogP contribution in [0.2, 0.25) is 0 Å². The molecule has 0 saturated carbocycles. The second-order valence-corrected chi connectivity index (χ2v) is 23.2. The Morgan fingerprint density at radius 1 is 0.439 bits per heavy atom. The molecule has 0 radical (unpaired) electrons. The Bertz CT molecular complexity index is 1930. The molecule has 5 aromatic heterocycles. The first-order valence-corrected chi connectivity index (χ1v) is 27.4. The van der Waals surface area contributed by atoms with E-state index in [-0.39, 0.29) is 11.1 Å². The summed E-state index contributed by atoms with van der Waals surface area (Å²) in [6.45, 7) is 7.29. The van der Waals surface area contributed by atoms with Gasteiger partial charge < -0.3 is 0 Å². The molecule has 0 bridgehead atoms. The molecule has 0 aliphatic carbocycles. The minimum absolute atomic E-state index is 0.125. The summed E-state index contributed by atoms with van der Waals surface area (Å²) < 4.78 is 5.80. The molecule has 9 heteroatoms. The zero-order valence-electron chi connectivity index (χ0n) is 35.1. The van der Waals surface area contributed by atoms with Crippen molar-refractivity contribution in [1.29, 1.82) is 0 Å². The number of rotatable bonds is 29. The van der Waals surface area contributed by atoms with Gasteiger partial charge in [0.1, 0.15) is 0 Å². The normalized spacial score (nSPS) is 11.9. The minimum atomic E-state index is -0.125. The Kier molecular flexibility index (Phi) is 21.1. The third-order valence-corrected chi connectivity index (χ3v) is 17.6. The number of aryl methyl sites for hydroxylation is 2. The maximum Gasteiger partial charge on any atom is 0.262 e. The molecule has 0 amide bonds. The van der Waals surface area contributed by atoms with Crippen LogP contribution in [0.3, 0.4) is 0 Å². The molecule has 57 heavy (non-hydrogen) atoms. The van der Waals surface area contributed by atoms with Gasteiger partial charge in [0.2, 0.25) is 0 Å². The average Bonchev–Trinajstić information content (AvgIpc) is 4.00.